The molecule has 1 aromatic rings. The lowest BCUT2D eigenvalue weighted by Gasteiger charge is -2.12. The van der Waals surface area contributed by atoms with E-state index >= 15 is 0 Å². The van der Waals surface area contributed by atoms with Gasteiger partial charge in [0, 0.05) is 17.8 Å². The summed E-state index contributed by atoms with van der Waals surface area (Å²) in [5, 5.41) is 3.45. The molecule has 0 fully saturated rings. The van der Waals surface area contributed by atoms with Gasteiger partial charge in [0.1, 0.15) is 5.75 Å². The first-order chi connectivity index (χ1) is 9.31. The van der Waals surface area contributed by atoms with Gasteiger partial charge in [-0.25, -0.2) is 0 Å². The van der Waals surface area contributed by atoms with Crippen LogP contribution in [0.2, 0.25) is 0 Å². The number of benzene rings is 1. The second kappa shape index (κ2) is 9.96. The van der Waals surface area contributed by atoms with Gasteiger partial charge in [-0.3, -0.25) is 0 Å². The molecule has 0 bridgehead atoms. The Morgan fingerprint density at radius 2 is 1.89 bits per heavy atom. The van der Waals surface area contributed by atoms with E-state index in [-0.39, 0.29) is 0 Å². The highest BCUT2D eigenvalue weighted by molar-refractivity contribution is 6.17. The van der Waals surface area contributed by atoms with Crippen LogP contribution in [0.4, 0.5) is 5.69 Å². The quantitative estimate of drug-likeness (QED) is 0.470. The molecule has 2 nitrogen and oxygen atoms in total. The van der Waals surface area contributed by atoms with E-state index < -0.39 is 0 Å². The molecule has 0 unspecified atom stereocenters. The summed E-state index contributed by atoms with van der Waals surface area (Å²) in [7, 11) is 0. The highest BCUT2D eigenvalue weighted by atomic mass is 35.5. The number of ether oxygens (including phenoxy) is 1. The third-order valence-corrected chi connectivity index (χ3v) is 3.40. The zero-order valence-corrected chi connectivity index (χ0v) is 12.9. The predicted molar refractivity (Wildman–Crippen MR) is 84.4 cm³/mol. The Balaban J connectivity index is 2.37. The summed E-state index contributed by atoms with van der Waals surface area (Å²) in [6.45, 7) is 5.93. The second-order valence-electron chi connectivity index (χ2n) is 4.73. The van der Waals surface area contributed by atoms with E-state index in [0.29, 0.717) is 12.5 Å². The molecule has 0 spiro atoms. The lowest BCUT2D eigenvalue weighted by molar-refractivity contribution is 0.337. The van der Waals surface area contributed by atoms with E-state index in [1.807, 2.05) is 13.0 Å². The van der Waals surface area contributed by atoms with Crippen LogP contribution in [0.1, 0.15) is 51.5 Å². The summed E-state index contributed by atoms with van der Waals surface area (Å²) < 4.78 is 5.54. The van der Waals surface area contributed by atoms with E-state index in [0.717, 1.165) is 23.5 Å². The van der Waals surface area contributed by atoms with Gasteiger partial charge in [0.25, 0.3) is 0 Å². The molecule has 1 rings (SSSR count). The molecule has 3 heteroatoms. The Bertz CT molecular complexity index is 355. The van der Waals surface area contributed by atoms with E-state index in [4.69, 9.17) is 16.3 Å². The van der Waals surface area contributed by atoms with Crippen molar-refractivity contribution in [1.82, 2.24) is 0 Å². The first-order valence-corrected chi connectivity index (χ1v) is 7.90. The van der Waals surface area contributed by atoms with Gasteiger partial charge in [-0.15, -0.1) is 11.6 Å². The highest BCUT2D eigenvalue weighted by Crippen LogP contribution is 2.24. The second-order valence-corrected chi connectivity index (χ2v) is 5.00. The standard InChI is InChI=1S/C16H26ClNO/c1-3-5-6-7-8-11-18-15-9-10-16(19-4-2)14(12-15)13-17/h9-10,12,18H,3-8,11,13H2,1-2H3. The predicted octanol–water partition coefficient (Wildman–Crippen LogP) is 5.21. The molecular weight excluding hydrogens is 258 g/mol. The molecule has 0 saturated heterocycles. The lowest BCUT2D eigenvalue weighted by atomic mass is 10.1. The number of alkyl halides is 1. The molecule has 0 radical (unpaired) electrons. The van der Waals surface area contributed by atoms with Crippen molar-refractivity contribution in [2.45, 2.75) is 51.8 Å². The summed E-state index contributed by atoms with van der Waals surface area (Å²) in [4.78, 5) is 0. The van der Waals surface area contributed by atoms with Gasteiger partial charge < -0.3 is 10.1 Å². The Morgan fingerprint density at radius 3 is 2.58 bits per heavy atom. The molecule has 0 amide bonds. The van der Waals surface area contributed by atoms with Crippen LogP contribution < -0.4 is 10.1 Å². The van der Waals surface area contributed by atoms with Crippen LogP contribution in [0.5, 0.6) is 5.75 Å². The largest absolute Gasteiger partial charge is 0.494 e. The van der Waals surface area contributed by atoms with E-state index in [1.54, 1.807) is 0 Å². The van der Waals surface area contributed by atoms with Gasteiger partial charge in [-0.1, -0.05) is 32.6 Å². The van der Waals surface area contributed by atoms with Crippen molar-refractivity contribution in [2.24, 2.45) is 0 Å². The molecule has 0 saturated carbocycles. The highest BCUT2D eigenvalue weighted by Gasteiger charge is 2.03. The summed E-state index contributed by atoms with van der Waals surface area (Å²) in [6, 6.07) is 6.15. The molecule has 108 valence electrons. The summed E-state index contributed by atoms with van der Waals surface area (Å²) in [6.07, 6.45) is 6.52. The fourth-order valence-electron chi connectivity index (χ4n) is 2.05. The zero-order chi connectivity index (χ0) is 13.9. The Labute approximate surface area is 122 Å². The fraction of sp³-hybridized carbons (Fsp3) is 0.625. The Morgan fingerprint density at radius 1 is 1.11 bits per heavy atom. The van der Waals surface area contributed by atoms with Crippen molar-refractivity contribution in [2.75, 3.05) is 18.5 Å². The van der Waals surface area contributed by atoms with Gasteiger partial charge >= 0.3 is 0 Å². The minimum absolute atomic E-state index is 0.487. The first kappa shape index (κ1) is 16.2. The van der Waals surface area contributed by atoms with Crippen LogP contribution in [-0.4, -0.2) is 13.2 Å². The van der Waals surface area contributed by atoms with E-state index in [1.165, 1.54) is 32.1 Å². The molecule has 0 aliphatic heterocycles. The minimum atomic E-state index is 0.487. The summed E-state index contributed by atoms with van der Waals surface area (Å²) >= 11 is 5.95. The molecule has 0 aliphatic carbocycles. The van der Waals surface area contributed by atoms with Crippen molar-refractivity contribution >= 4 is 17.3 Å². The van der Waals surface area contributed by atoms with Crippen LogP contribution in [-0.2, 0) is 5.88 Å². The van der Waals surface area contributed by atoms with Crippen LogP contribution in [0.3, 0.4) is 0 Å². The molecule has 1 N–H and O–H groups in total. The van der Waals surface area contributed by atoms with Crippen LogP contribution in [0.15, 0.2) is 18.2 Å². The number of rotatable bonds is 10. The Hall–Kier alpha value is -0.890. The molecule has 0 heterocycles. The van der Waals surface area contributed by atoms with E-state index in [2.05, 4.69) is 24.4 Å². The maximum absolute atomic E-state index is 5.95. The topological polar surface area (TPSA) is 21.3 Å². The third kappa shape index (κ3) is 6.20. The Kier molecular flexibility index (Phi) is 8.48. The number of hydrogen-bond acceptors (Lipinski definition) is 2. The smallest absolute Gasteiger partial charge is 0.123 e. The molecule has 1 aromatic carbocycles. The first-order valence-electron chi connectivity index (χ1n) is 7.37. The normalized spacial score (nSPS) is 10.5. The average Bonchev–Trinajstić information content (AvgIpc) is 2.44. The number of unbranched alkanes of at least 4 members (excludes halogenated alkanes) is 4. The van der Waals surface area contributed by atoms with E-state index in [9.17, 15) is 0 Å². The van der Waals surface area contributed by atoms with Gasteiger partial charge in [0.15, 0.2) is 0 Å². The van der Waals surface area contributed by atoms with Crippen LogP contribution >= 0.6 is 11.6 Å². The monoisotopic (exact) mass is 283 g/mol. The van der Waals surface area contributed by atoms with Gasteiger partial charge in [-0.05, 0) is 31.5 Å². The zero-order valence-electron chi connectivity index (χ0n) is 12.2. The molecule has 19 heavy (non-hydrogen) atoms. The maximum Gasteiger partial charge on any atom is 0.123 e. The average molecular weight is 284 g/mol. The maximum atomic E-state index is 5.95. The molecule has 0 atom stereocenters. The van der Waals surface area contributed by atoms with Crippen LogP contribution in [0, 0.1) is 0 Å². The van der Waals surface area contributed by atoms with Gasteiger partial charge in [0.05, 0.1) is 12.5 Å². The number of nitrogens with one attached hydrogen (secondary N) is 1. The van der Waals surface area contributed by atoms with Crippen molar-refractivity contribution in [3.8, 4) is 5.75 Å². The van der Waals surface area contributed by atoms with Gasteiger partial charge in [0.2, 0.25) is 0 Å². The number of halogens is 1. The molecular formula is C16H26ClNO. The van der Waals surface area contributed by atoms with Gasteiger partial charge in [-0.2, -0.15) is 0 Å². The fourth-order valence-corrected chi connectivity index (χ4v) is 2.26. The lowest BCUT2D eigenvalue weighted by Crippen LogP contribution is -2.03. The third-order valence-electron chi connectivity index (χ3n) is 3.11. The molecule has 0 aromatic heterocycles. The summed E-state index contributed by atoms with van der Waals surface area (Å²) in [5.41, 5.74) is 2.19. The van der Waals surface area contributed by atoms with Crippen molar-refractivity contribution in [1.29, 1.82) is 0 Å². The number of anilines is 1. The van der Waals surface area contributed by atoms with Crippen molar-refractivity contribution in [3.05, 3.63) is 23.8 Å². The van der Waals surface area contributed by atoms with Crippen molar-refractivity contribution < 1.29 is 4.74 Å². The van der Waals surface area contributed by atoms with Crippen molar-refractivity contribution in [3.63, 3.8) is 0 Å². The SMILES string of the molecule is CCCCCCCNc1ccc(OCC)c(CCl)c1. The summed E-state index contributed by atoms with van der Waals surface area (Å²) in [5.74, 6) is 1.38. The molecule has 0 aliphatic rings. The minimum Gasteiger partial charge on any atom is -0.494 e. The number of hydrogen-bond donors (Lipinski definition) is 1. The van der Waals surface area contributed by atoms with Crippen LogP contribution in [0.25, 0.3) is 0 Å².